The number of halogens is 2. The molecule has 1 aliphatic rings. The minimum Gasteiger partial charge on any atom is -0.371 e. The van der Waals surface area contributed by atoms with Gasteiger partial charge in [0, 0.05) is 24.6 Å². The van der Waals surface area contributed by atoms with E-state index >= 15 is 0 Å². The molecule has 4 heteroatoms. The highest BCUT2D eigenvalue weighted by molar-refractivity contribution is 5.29. The third-order valence-electron chi connectivity index (χ3n) is 3.30. The minimum atomic E-state index is -2.79. The molecule has 2 rings (SSSR count). The molecule has 100 valence electrons. The van der Waals surface area contributed by atoms with Gasteiger partial charge in [-0.05, 0) is 11.6 Å². The molecule has 1 aromatic rings. The van der Waals surface area contributed by atoms with Gasteiger partial charge in [0.15, 0.2) is 0 Å². The van der Waals surface area contributed by atoms with E-state index in [-0.39, 0.29) is 11.7 Å². The molecule has 0 bridgehead atoms. The van der Waals surface area contributed by atoms with Gasteiger partial charge in [-0.2, -0.15) is 0 Å². The van der Waals surface area contributed by atoms with Gasteiger partial charge in [0.1, 0.15) is 0 Å². The van der Waals surface area contributed by atoms with Gasteiger partial charge in [0.25, 0.3) is 5.92 Å². The lowest BCUT2D eigenvalue weighted by Crippen LogP contribution is -2.33. The van der Waals surface area contributed by atoms with Crippen LogP contribution < -0.4 is 5.32 Å². The summed E-state index contributed by atoms with van der Waals surface area (Å²) in [6, 6.07) is 6.58. The fourth-order valence-electron chi connectivity index (χ4n) is 2.06. The van der Waals surface area contributed by atoms with Crippen molar-refractivity contribution in [3.63, 3.8) is 0 Å². The maximum Gasteiger partial charge on any atom is 0.275 e. The molecule has 2 nitrogen and oxygen atoms in total. The van der Waals surface area contributed by atoms with Crippen LogP contribution in [0.25, 0.3) is 0 Å². The van der Waals surface area contributed by atoms with E-state index in [9.17, 15) is 8.78 Å². The first kappa shape index (κ1) is 13.4. The van der Waals surface area contributed by atoms with E-state index in [2.05, 4.69) is 5.32 Å². The summed E-state index contributed by atoms with van der Waals surface area (Å²) < 4.78 is 33.5. The van der Waals surface area contributed by atoms with Gasteiger partial charge in [0.2, 0.25) is 0 Å². The second-order valence-electron chi connectivity index (χ2n) is 4.97. The lowest BCUT2D eigenvalue weighted by Gasteiger charge is -2.26. The molecular weight excluding hydrogens is 236 g/mol. The predicted molar refractivity (Wildman–Crippen MR) is 66.7 cm³/mol. The highest BCUT2D eigenvalue weighted by atomic mass is 19.3. The molecular formula is C14H19F2NO. The average Bonchev–Trinajstić information content (AvgIpc) is 2.40. The Morgan fingerprint density at radius 1 is 1.39 bits per heavy atom. The van der Waals surface area contributed by atoms with Crippen LogP contribution in [0.3, 0.4) is 0 Å². The number of hydrogen-bond acceptors (Lipinski definition) is 2. The summed E-state index contributed by atoms with van der Waals surface area (Å²) in [5.41, 5.74) is 0.893. The zero-order chi connectivity index (χ0) is 13.2. The molecule has 1 atom stereocenters. The number of nitrogens with one attached hydrogen (secondary N) is 1. The van der Waals surface area contributed by atoms with Crippen LogP contribution in [0.2, 0.25) is 0 Å². The van der Waals surface area contributed by atoms with Crippen LogP contribution in [0.4, 0.5) is 8.78 Å². The van der Waals surface area contributed by atoms with E-state index in [1.165, 1.54) is 19.9 Å². The molecule has 1 N–H and O–H groups in total. The van der Waals surface area contributed by atoms with E-state index in [1.807, 2.05) is 6.07 Å². The van der Waals surface area contributed by atoms with Crippen LogP contribution in [0.15, 0.2) is 24.3 Å². The van der Waals surface area contributed by atoms with Gasteiger partial charge in [-0.1, -0.05) is 32.0 Å². The third kappa shape index (κ3) is 2.70. The standard InChI is InChI=1S/C14H19F2NO/c1-10(2)14(15,16)12-5-3-4-11(8-12)13-9-17-6-7-18-13/h3-5,8,10,13,17H,6-7,9H2,1-2H3. The van der Waals surface area contributed by atoms with Gasteiger partial charge in [-0.25, -0.2) is 8.78 Å². The Balaban J connectivity index is 2.24. The number of benzene rings is 1. The number of morpholine rings is 1. The van der Waals surface area contributed by atoms with Crippen molar-refractivity contribution in [2.75, 3.05) is 19.7 Å². The van der Waals surface area contributed by atoms with Gasteiger partial charge in [-0.15, -0.1) is 0 Å². The first-order valence-corrected chi connectivity index (χ1v) is 6.32. The van der Waals surface area contributed by atoms with Gasteiger partial charge in [0.05, 0.1) is 12.7 Å². The van der Waals surface area contributed by atoms with Crippen molar-refractivity contribution in [3.05, 3.63) is 35.4 Å². The molecule has 1 heterocycles. The highest BCUT2D eigenvalue weighted by Crippen LogP contribution is 2.36. The van der Waals surface area contributed by atoms with Crippen molar-refractivity contribution in [1.82, 2.24) is 5.32 Å². The number of hydrogen-bond donors (Lipinski definition) is 1. The maximum atomic E-state index is 14.0. The van der Waals surface area contributed by atoms with Gasteiger partial charge in [-0.3, -0.25) is 0 Å². The number of rotatable bonds is 3. The summed E-state index contributed by atoms with van der Waals surface area (Å²) in [6.07, 6.45) is -0.123. The Bertz CT molecular complexity index is 401. The minimum absolute atomic E-state index is 0.0733. The van der Waals surface area contributed by atoms with E-state index in [4.69, 9.17) is 4.74 Å². The van der Waals surface area contributed by atoms with Crippen LogP contribution in [-0.4, -0.2) is 19.7 Å². The zero-order valence-electron chi connectivity index (χ0n) is 10.7. The van der Waals surface area contributed by atoms with Crippen molar-refractivity contribution < 1.29 is 13.5 Å². The van der Waals surface area contributed by atoms with Crippen LogP contribution in [0, 0.1) is 5.92 Å². The Morgan fingerprint density at radius 3 is 2.78 bits per heavy atom. The molecule has 0 aromatic heterocycles. The van der Waals surface area contributed by atoms with Gasteiger partial charge < -0.3 is 10.1 Å². The molecule has 18 heavy (non-hydrogen) atoms. The van der Waals surface area contributed by atoms with E-state index < -0.39 is 11.8 Å². The largest absolute Gasteiger partial charge is 0.371 e. The molecule has 1 aliphatic heterocycles. The Hall–Kier alpha value is -1.00. The SMILES string of the molecule is CC(C)C(F)(F)c1cccc(C2CNCCO2)c1. The Kier molecular flexibility index (Phi) is 3.97. The van der Waals surface area contributed by atoms with Crippen molar-refractivity contribution in [2.45, 2.75) is 25.9 Å². The predicted octanol–water partition coefficient (Wildman–Crippen LogP) is 3.10. The van der Waals surface area contributed by atoms with Crippen LogP contribution in [0.1, 0.15) is 31.1 Å². The average molecular weight is 255 g/mol. The second kappa shape index (κ2) is 5.33. The third-order valence-corrected chi connectivity index (χ3v) is 3.30. The molecule has 0 saturated carbocycles. The fourth-order valence-corrected chi connectivity index (χ4v) is 2.06. The summed E-state index contributed by atoms with van der Waals surface area (Å²) in [6.45, 7) is 5.18. The molecule has 1 unspecified atom stereocenters. The lowest BCUT2D eigenvalue weighted by molar-refractivity contribution is -0.0517. The van der Waals surface area contributed by atoms with Crippen LogP contribution >= 0.6 is 0 Å². The monoisotopic (exact) mass is 255 g/mol. The molecule has 0 amide bonds. The van der Waals surface area contributed by atoms with Gasteiger partial charge >= 0.3 is 0 Å². The van der Waals surface area contributed by atoms with E-state index in [0.717, 1.165) is 12.1 Å². The smallest absolute Gasteiger partial charge is 0.275 e. The topological polar surface area (TPSA) is 21.3 Å². The maximum absolute atomic E-state index is 14.0. The summed E-state index contributed by atoms with van der Waals surface area (Å²) in [4.78, 5) is 0. The second-order valence-corrected chi connectivity index (χ2v) is 4.97. The summed E-state index contributed by atoms with van der Waals surface area (Å²) in [7, 11) is 0. The van der Waals surface area contributed by atoms with Crippen molar-refractivity contribution in [3.8, 4) is 0 Å². The molecule has 1 aromatic carbocycles. The molecule has 0 spiro atoms. The number of alkyl halides is 2. The molecule has 0 radical (unpaired) electrons. The summed E-state index contributed by atoms with van der Waals surface area (Å²) >= 11 is 0. The molecule has 0 aliphatic carbocycles. The van der Waals surface area contributed by atoms with E-state index in [0.29, 0.717) is 13.2 Å². The zero-order valence-corrected chi connectivity index (χ0v) is 10.7. The van der Waals surface area contributed by atoms with Crippen molar-refractivity contribution in [1.29, 1.82) is 0 Å². The number of ether oxygens (including phenoxy) is 1. The summed E-state index contributed by atoms with van der Waals surface area (Å²) in [5.74, 6) is -3.50. The first-order valence-electron chi connectivity index (χ1n) is 6.32. The Labute approximate surface area is 106 Å². The van der Waals surface area contributed by atoms with Crippen LogP contribution in [-0.2, 0) is 10.7 Å². The summed E-state index contributed by atoms with van der Waals surface area (Å²) in [5, 5.41) is 3.20. The first-order chi connectivity index (χ1) is 8.51. The fraction of sp³-hybridized carbons (Fsp3) is 0.571. The van der Waals surface area contributed by atoms with Crippen LogP contribution in [0.5, 0.6) is 0 Å². The van der Waals surface area contributed by atoms with E-state index in [1.54, 1.807) is 12.1 Å². The quantitative estimate of drug-likeness (QED) is 0.896. The normalized spacial score (nSPS) is 21.3. The molecule has 1 fully saturated rings. The van der Waals surface area contributed by atoms with Crippen molar-refractivity contribution in [2.24, 2.45) is 5.92 Å². The molecule has 1 saturated heterocycles. The Morgan fingerprint density at radius 2 is 2.17 bits per heavy atom. The highest BCUT2D eigenvalue weighted by Gasteiger charge is 2.35. The lowest BCUT2D eigenvalue weighted by atomic mass is 9.95. The van der Waals surface area contributed by atoms with Crippen molar-refractivity contribution >= 4 is 0 Å².